The Morgan fingerprint density at radius 3 is 2.33 bits per heavy atom. The number of aryl methyl sites for hydroxylation is 1. The molecule has 0 aromatic carbocycles. The van der Waals surface area contributed by atoms with E-state index in [9.17, 15) is 9.59 Å². The minimum atomic E-state index is -0.337. The monoisotopic (exact) mass is 226 g/mol. The average Bonchev–Trinajstić information content (AvgIpc) is 2.42. The van der Waals surface area contributed by atoms with E-state index >= 15 is 0 Å². The molecule has 0 atom stereocenters. The summed E-state index contributed by atoms with van der Waals surface area (Å²) >= 11 is 1.35. The van der Waals surface area contributed by atoms with Crippen molar-refractivity contribution in [2.75, 3.05) is 6.61 Å². The summed E-state index contributed by atoms with van der Waals surface area (Å²) < 4.78 is 4.94. The Morgan fingerprint density at radius 1 is 1.33 bits per heavy atom. The van der Waals surface area contributed by atoms with Crippen molar-refractivity contribution < 1.29 is 14.3 Å². The van der Waals surface area contributed by atoms with Crippen molar-refractivity contribution in [1.82, 2.24) is 0 Å². The van der Waals surface area contributed by atoms with Gasteiger partial charge in [-0.2, -0.15) is 0 Å². The summed E-state index contributed by atoms with van der Waals surface area (Å²) in [5, 5.41) is 0. The summed E-state index contributed by atoms with van der Waals surface area (Å²) in [6, 6.07) is 0. The van der Waals surface area contributed by atoms with E-state index in [1.807, 2.05) is 6.92 Å². The van der Waals surface area contributed by atoms with E-state index in [0.29, 0.717) is 17.0 Å². The Morgan fingerprint density at radius 2 is 1.93 bits per heavy atom. The highest BCUT2D eigenvalue weighted by Gasteiger charge is 2.21. The molecule has 0 N–H and O–H groups in total. The third-order valence-corrected chi connectivity index (χ3v) is 3.43. The molecule has 0 aliphatic heterocycles. The predicted molar refractivity (Wildman–Crippen MR) is 59.8 cm³/mol. The van der Waals surface area contributed by atoms with Crippen LogP contribution in [-0.2, 0) is 4.74 Å². The van der Waals surface area contributed by atoms with E-state index in [0.717, 1.165) is 10.4 Å². The molecule has 0 saturated heterocycles. The molecule has 1 rings (SSSR count). The number of esters is 1. The number of thiophene rings is 1. The quantitative estimate of drug-likeness (QED) is 0.588. The highest BCUT2D eigenvalue weighted by atomic mass is 32.1. The lowest BCUT2D eigenvalue weighted by Gasteiger charge is -2.02. The standard InChI is InChI=1S/C11H14O3S/c1-5-14-11(13)9-6(2)10(7(3)12)15-8(9)4/h5H2,1-4H3. The second-order valence-corrected chi connectivity index (χ2v) is 4.49. The molecule has 1 aromatic heterocycles. The zero-order valence-electron chi connectivity index (χ0n) is 9.34. The van der Waals surface area contributed by atoms with Gasteiger partial charge in [0.05, 0.1) is 17.0 Å². The fraction of sp³-hybridized carbons (Fsp3) is 0.455. The van der Waals surface area contributed by atoms with Gasteiger partial charge in [-0.25, -0.2) is 4.79 Å². The Labute approximate surface area is 93.1 Å². The molecule has 0 aliphatic rings. The Hall–Kier alpha value is -1.16. The van der Waals surface area contributed by atoms with Crippen molar-refractivity contribution in [2.24, 2.45) is 0 Å². The van der Waals surface area contributed by atoms with Crippen LogP contribution in [0.5, 0.6) is 0 Å². The van der Waals surface area contributed by atoms with E-state index in [1.54, 1.807) is 13.8 Å². The summed E-state index contributed by atoms with van der Waals surface area (Å²) in [5.74, 6) is -0.340. The van der Waals surface area contributed by atoms with E-state index in [1.165, 1.54) is 18.3 Å². The second-order valence-electron chi connectivity index (χ2n) is 3.26. The Balaban J connectivity index is 3.19. The lowest BCUT2D eigenvalue weighted by molar-refractivity contribution is 0.0525. The van der Waals surface area contributed by atoms with Gasteiger partial charge in [0.15, 0.2) is 5.78 Å². The zero-order chi connectivity index (χ0) is 11.6. The molecular weight excluding hydrogens is 212 g/mol. The molecule has 0 amide bonds. The smallest absolute Gasteiger partial charge is 0.339 e. The fourth-order valence-corrected chi connectivity index (χ4v) is 2.54. The molecule has 1 heterocycles. The molecule has 0 unspecified atom stereocenters. The van der Waals surface area contributed by atoms with Gasteiger partial charge >= 0.3 is 5.97 Å². The van der Waals surface area contributed by atoms with Gasteiger partial charge in [0.1, 0.15) is 0 Å². The summed E-state index contributed by atoms with van der Waals surface area (Å²) in [5.41, 5.74) is 1.29. The number of Topliss-reactive ketones (excluding diaryl/α,β-unsaturated/α-hetero) is 1. The van der Waals surface area contributed by atoms with Gasteiger partial charge in [-0.1, -0.05) is 0 Å². The van der Waals surface area contributed by atoms with Crippen molar-refractivity contribution in [3.8, 4) is 0 Å². The number of carbonyl (C=O) groups is 2. The summed E-state index contributed by atoms with van der Waals surface area (Å²) in [4.78, 5) is 24.4. The predicted octanol–water partition coefficient (Wildman–Crippen LogP) is 2.74. The topological polar surface area (TPSA) is 43.4 Å². The van der Waals surface area contributed by atoms with Crippen LogP contribution in [0.3, 0.4) is 0 Å². The maximum absolute atomic E-state index is 11.6. The Bertz CT molecular complexity index is 404. The molecule has 0 fully saturated rings. The first-order valence-corrected chi connectivity index (χ1v) is 5.58. The van der Waals surface area contributed by atoms with Crippen LogP contribution in [0.2, 0.25) is 0 Å². The van der Waals surface area contributed by atoms with Crippen LogP contribution < -0.4 is 0 Å². The molecule has 0 spiro atoms. The van der Waals surface area contributed by atoms with Crippen molar-refractivity contribution in [3.05, 3.63) is 20.9 Å². The first-order chi connectivity index (χ1) is 6.99. The molecule has 3 nitrogen and oxygen atoms in total. The summed E-state index contributed by atoms with van der Waals surface area (Å²) in [7, 11) is 0. The SMILES string of the molecule is CCOC(=O)c1c(C)sc(C(C)=O)c1C. The molecule has 82 valence electrons. The van der Waals surface area contributed by atoms with Gasteiger partial charge in [-0.15, -0.1) is 11.3 Å². The highest BCUT2D eigenvalue weighted by molar-refractivity contribution is 7.14. The molecule has 4 heteroatoms. The van der Waals surface area contributed by atoms with Crippen LogP contribution in [0.25, 0.3) is 0 Å². The van der Waals surface area contributed by atoms with Crippen LogP contribution in [0.1, 0.15) is 44.3 Å². The van der Waals surface area contributed by atoms with Crippen molar-refractivity contribution in [3.63, 3.8) is 0 Å². The molecule has 15 heavy (non-hydrogen) atoms. The van der Waals surface area contributed by atoms with Crippen LogP contribution >= 0.6 is 11.3 Å². The molecule has 0 bridgehead atoms. The largest absolute Gasteiger partial charge is 0.462 e. The lowest BCUT2D eigenvalue weighted by atomic mass is 10.1. The highest BCUT2D eigenvalue weighted by Crippen LogP contribution is 2.28. The zero-order valence-corrected chi connectivity index (χ0v) is 10.2. The minimum Gasteiger partial charge on any atom is -0.462 e. The lowest BCUT2D eigenvalue weighted by Crippen LogP contribution is -2.07. The number of rotatable bonds is 3. The van der Waals surface area contributed by atoms with Crippen LogP contribution in [-0.4, -0.2) is 18.4 Å². The average molecular weight is 226 g/mol. The van der Waals surface area contributed by atoms with Crippen LogP contribution in [0, 0.1) is 13.8 Å². The van der Waals surface area contributed by atoms with E-state index < -0.39 is 0 Å². The van der Waals surface area contributed by atoms with E-state index in [-0.39, 0.29) is 11.8 Å². The third-order valence-electron chi connectivity index (χ3n) is 2.12. The van der Waals surface area contributed by atoms with Crippen molar-refractivity contribution >= 4 is 23.1 Å². The van der Waals surface area contributed by atoms with Gasteiger partial charge in [-0.3, -0.25) is 4.79 Å². The molecule has 0 aliphatic carbocycles. The number of hydrogen-bond acceptors (Lipinski definition) is 4. The number of ether oxygens (including phenoxy) is 1. The van der Waals surface area contributed by atoms with Gasteiger partial charge in [-0.05, 0) is 33.3 Å². The van der Waals surface area contributed by atoms with Gasteiger partial charge in [0.2, 0.25) is 0 Å². The van der Waals surface area contributed by atoms with Crippen LogP contribution in [0.15, 0.2) is 0 Å². The van der Waals surface area contributed by atoms with Gasteiger partial charge in [0, 0.05) is 4.88 Å². The Kier molecular flexibility index (Phi) is 3.63. The first kappa shape index (κ1) is 11.9. The summed E-state index contributed by atoms with van der Waals surface area (Å²) in [6.45, 7) is 7.24. The van der Waals surface area contributed by atoms with Crippen molar-refractivity contribution in [1.29, 1.82) is 0 Å². The first-order valence-electron chi connectivity index (χ1n) is 4.77. The van der Waals surface area contributed by atoms with E-state index in [2.05, 4.69) is 0 Å². The second kappa shape index (κ2) is 4.57. The van der Waals surface area contributed by atoms with Gasteiger partial charge in [0.25, 0.3) is 0 Å². The number of carbonyl (C=O) groups excluding carboxylic acids is 2. The van der Waals surface area contributed by atoms with Crippen molar-refractivity contribution in [2.45, 2.75) is 27.7 Å². The molecule has 0 radical (unpaired) electrons. The minimum absolute atomic E-state index is 0.00357. The van der Waals surface area contributed by atoms with Gasteiger partial charge < -0.3 is 4.74 Å². The van der Waals surface area contributed by atoms with Crippen LogP contribution in [0.4, 0.5) is 0 Å². The number of hydrogen-bond donors (Lipinski definition) is 0. The molecule has 1 aromatic rings. The summed E-state index contributed by atoms with van der Waals surface area (Å²) in [6.07, 6.45) is 0. The fourth-order valence-electron chi connectivity index (χ4n) is 1.49. The maximum atomic E-state index is 11.6. The molecular formula is C11H14O3S. The van der Waals surface area contributed by atoms with E-state index in [4.69, 9.17) is 4.74 Å². The number of ketones is 1. The normalized spacial score (nSPS) is 10.1. The maximum Gasteiger partial charge on any atom is 0.339 e. The third kappa shape index (κ3) is 2.26. The molecule has 0 saturated carbocycles.